The first-order chi connectivity index (χ1) is 6.02. The Labute approximate surface area is 86.0 Å². The second kappa shape index (κ2) is 6.25. The van der Waals surface area contributed by atoms with Crippen molar-refractivity contribution >= 4 is 17.5 Å². The molecule has 0 bridgehead atoms. The molecule has 0 unspecified atom stereocenters. The van der Waals surface area contributed by atoms with Gasteiger partial charge in [-0.05, 0) is 11.8 Å². The molecule has 0 rings (SSSR count). The van der Waals surface area contributed by atoms with Gasteiger partial charge in [-0.2, -0.15) is 0 Å². The van der Waals surface area contributed by atoms with Gasteiger partial charge in [0, 0.05) is 6.54 Å². The van der Waals surface area contributed by atoms with Crippen LogP contribution in [-0.2, 0) is 4.79 Å². The number of carbonyl (C=O) groups is 1. The Morgan fingerprint density at radius 1 is 1.46 bits per heavy atom. The molecule has 0 heterocycles. The van der Waals surface area contributed by atoms with Crippen molar-refractivity contribution < 1.29 is 4.79 Å². The SMILES string of the molecule is CCCCC(C)(C)CNC(=O)CCl. The summed E-state index contributed by atoms with van der Waals surface area (Å²) in [6.07, 6.45) is 3.56. The first-order valence-corrected chi connectivity index (χ1v) is 5.38. The third-order valence-corrected chi connectivity index (χ3v) is 2.34. The largest absolute Gasteiger partial charge is 0.355 e. The number of hydrogen-bond acceptors (Lipinski definition) is 1. The number of alkyl halides is 1. The highest BCUT2D eigenvalue weighted by atomic mass is 35.5. The highest BCUT2D eigenvalue weighted by molar-refractivity contribution is 6.27. The molecule has 13 heavy (non-hydrogen) atoms. The molecule has 0 fully saturated rings. The second-order valence-electron chi connectivity index (χ2n) is 4.18. The van der Waals surface area contributed by atoms with E-state index in [1.54, 1.807) is 0 Å². The molecule has 0 spiro atoms. The predicted molar refractivity (Wildman–Crippen MR) is 57.0 cm³/mol. The number of rotatable bonds is 6. The van der Waals surface area contributed by atoms with Crippen molar-refractivity contribution in [2.75, 3.05) is 12.4 Å². The standard InChI is InChI=1S/C10H20ClNO/c1-4-5-6-10(2,3)8-12-9(13)7-11/h4-8H2,1-3H3,(H,12,13). The lowest BCUT2D eigenvalue weighted by atomic mass is 9.87. The molecule has 0 atom stereocenters. The summed E-state index contributed by atoms with van der Waals surface area (Å²) >= 11 is 5.37. The van der Waals surface area contributed by atoms with Crippen LogP contribution in [0, 0.1) is 5.41 Å². The van der Waals surface area contributed by atoms with Gasteiger partial charge in [-0.15, -0.1) is 11.6 Å². The average Bonchev–Trinajstić information content (AvgIpc) is 2.11. The zero-order chi connectivity index (χ0) is 10.3. The lowest BCUT2D eigenvalue weighted by Gasteiger charge is -2.24. The van der Waals surface area contributed by atoms with Crippen molar-refractivity contribution in [3.8, 4) is 0 Å². The zero-order valence-electron chi connectivity index (χ0n) is 8.82. The molecule has 0 aliphatic heterocycles. The van der Waals surface area contributed by atoms with E-state index in [1.807, 2.05) is 0 Å². The average molecular weight is 206 g/mol. The molecule has 0 aliphatic carbocycles. The molecule has 1 amide bonds. The smallest absolute Gasteiger partial charge is 0.234 e. The van der Waals surface area contributed by atoms with E-state index in [9.17, 15) is 4.79 Å². The fraction of sp³-hybridized carbons (Fsp3) is 0.900. The van der Waals surface area contributed by atoms with E-state index in [1.165, 1.54) is 12.8 Å². The molecule has 0 aliphatic rings. The molecule has 0 radical (unpaired) electrons. The van der Waals surface area contributed by atoms with E-state index >= 15 is 0 Å². The molecule has 0 aromatic carbocycles. The molecule has 0 saturated carbocycles. The quantitative estimate of drug-likeness (QED) is 0.664. The van der Waals surface area contributed by atoms with Crippen molar-refractivity contribution in [3.63, 3.8) is 0 Å². The minimum absolute atomic E-state index is 0.0594. The molecule has 1 N–H and O–H groups in total. The van der Waals surface area contributed by atoms with E-state index in [-0.39, 0.29) is 17.2 Å². The Balaban J connectivity index is 3.67. The molecule has 3 heteroatoms. The number of halogens is 1. The molecule has 78 valence electrons. The number of hydrogen-bond donors (Lipinski definition) is 1. The van der Waals surface area contributed by atoms with Crippen LogP contribution in [0.25, 0.3) is 0 Å². The number of nitrogens with one attached hydrogen (secondary N) is 1. The van der Waals surface area contributed by atoms with Gasteiger partial charge in [-0.25, -0.2) is 0 Å². The fourth-order valence-electron chi connectivity index (χ4n) is 1.13. The number of carbonyl (C=O) groups excluding carboxylic acids is 1. The third kappa shape index (κ3) is 6.88. The lowest BCUT2D eigenvalue weighted by molar-refractivity contribution is -0.119. The van der Waals surface area contributed by atoms with Gasteiger partial charge in [0.25, 0.3) is 0 Å². The van der Waals surface area contributed by atoms with Gasteiger partial charge in [0.2, 0.25) is 5.91 Å². The van der Waals surface area contributed by atoms with Crippen LogP contribution in [0.3, 0.4) is 0 Å². The molecular weight excluding hydrogens is 186 g/mol. The van der Waals surface area contributed by atoms with Crippen LogP contribution >= 0.6 is 11.6 Å². The van der Waals surface area contributed by atoms with Gasteiger partial charge >= 0.3 is 0 Å². The van der Waals surface area contributed by atoms with Gasteiger partial charge in [0.15, 0.2) is 0 Å². The Hall–Kier alpha value is -0.240. The van der Waals surface area contributed by atoms with E-state index in [0.29, 0.717) is 0 Å². The van der Waals surface area contributed by atoms with Gasteiger partial charge < -0.3 is 5.32 Å². The molecule has 2 nitrogen and oxygen atoms in total. The maximum absolute atomic E-state index is 10.9. The van der Waals surface area contributed by atoms with Gasteiger partial charge in [-0.1, -0.05) is 33.6 Å². The minimum atomic E-state index is -0.0776. The van der Waals surface area contributed by atoms with Crippen LogP contribution < -0.4 is 5.32 Å². The Morgan fingerprint density at radius 3 is 2.54 bits per heavy atom. The molecule has 0 saturated heterocycles. The monoisotopic (exact) mass is 205 g/mol. The maximum Gasteiger partial charge on any atom is 0.234 e. The minimum Gasteiger partial charge on any atom is -0.355 e. The number of unbranched alkanes of at least 4 members (excludes halogenated alkanes) is 1. The summed E-state index contributed by atoms with van der Waals surface area (Å²) in [6.45, 7) is 7.22. The van der Waals surface area contributed by atoms with E-state index in [4.69, 9.17) is 11.6 Å². The molecule has 0 aromatic rings. The Morgan fingerprint density at radius 2 is 2.08 bits per heavy atom. The summed E-state index contributed by atoms with van der Waals surface area (Å²) in [6, 6.07) is 0. The van der Waals surface area contributed by atoms with E-state index in [2.05, 4.69) is 26.1 Å². The fourth-order valence-corrected chi connectivity index (χ4v) is 1.22. The van der Waals surface area contributed by atoms with E-state index < -0.39 is 0 Å². The number of amides is 1. The Bertz CT molecular complexity index is 157. The van der Waals surface area contributed by atoms with Crippen molar-refractivity contribution in [1.29, 1.82) is 0 Å². The summed E-state index contributed by atoms with van der Waals surface area (Å²) < 4.78 is 0. The van der Waals surface area contributed by atoms with Gasteiger partial charge in [0.05, 0.1) is 0 Å². The van der Waals surface area contributed by atoms with Crippen LogP contribution in [-0.4, -0.2) is 18.3 Å². The summed E-state index contributed by atoms with van der Waals surface area (Å²) in [7, 11) is 0. The van der Waals surface area contributed by atoms with Crippen molar-refractivity contribution in [2.24, 2.45) is 5.41 Å². The maximum atomic E-state index is 10.9. The molecule has 0 aromatic heterocycles. The summed E-state index contributed by atoms with van der Waals surface area (Å²) in [4.78, 5) is 10.9. The normalized spacial score (nSPS) is 11.4. The van der Waals surface area contributed by atoms with Crippen molar-refractivity contribution in [3.05, 3.63) is 0 Å². The van der Waals surface area contributed by atoms with Crippen LogP contribution in [0.2, 0.25) is 0 Å². The van der Waals surface area contributed by atoms with E-state index in [0.717, 1.165) is 13.0 Å². The van der Waals surface area contributed by atoms with Crippen LogP contribution in [0.5, 0.6) is 0 Å². The van der Waals surface area contributed by atoms with Crippen LogP contribution in [0.4, 0.5) is 0 Å². The summed E-state index contributed by atoms with van der Waals surface area (Å²) in [5.74, 6) is -0.0182. The van der Waals surface area contributed by atoms with Gasteiger partial charge in [-0.3, -0.25) is 4.79 Å². The van der Waals surface area contributed by atoms with Crippen LogP contribution in [0.1, 0.15) is 40.0 Å². The van der Waals surface area contributed by atoms with Crippen molar-refractivity contribution in [2.45, 2.75) is 40.0 Å². The highest BCUT2D eigenvalue weighted by Crippen LogP contribution is 2.21. The predicted octanol–water partition coefficient (Wildman–Crippen LogP) is 2.56. The summed E-state index contributed by atoms with van der Waals surface area (Å²) in [5.41, 5.74) is 0.192. The zero-order valence-corrected chi connectivity index (χ0v) is 9.58. The lowest BCUT2D eigenvalue weighted by Crippen LogP contribution is -2.34. The second-order valence-corrected chi connectivity index (χ2v) is 4.45. The Kier molecular flexibility index (Phi) is 6.13. The van der Waals surface area contributed by atoms with Gasteiger partial charge in [0.1, 0.15) is 5.88 Å². The first-order valence-electron chi connectivity index (χ1n) is 4.84. The molecular formula is C10H20ClNO. The summed E-state index contributed by atoms with van der Waals surface area (Å²) in [5, 5.41) is 2.81. The third-order valence-electron chi connectivity index (χ3n) is 2.09. The first kappa shape index (κ1) is 12.8. The van der Waals surface area contributed by atoms with Crippen LogP contribution in [0.15, 0.2) is 0 Å². The topological polar surface area (TPSA) is 29.1 Å². The van der Waals surface area contributed by atoms with Crippen molar-refractivity contribution in [1.82, 2.24) is 5.32 Å². The highest BCUT2D eigenvalue weighted by Gasteiger charge is 2.17.